The van der Waals surface area contributed by atoms with Crippen LogP contribution < -0.4 is 0 Å². The van der Waals surface area contributed by atoms with Gasteiger partial charge in [-0.05, 0) is 36.6 Å². The zero-order valence-electron chi connectivity index (χ0n) is 10.1. The van der Waals surface area contributed by atoms with Crippen LogP contribution in [0.2, 0.25) is 0 Å². The summed E-state index contributed by atoms with van der Waals surface area (Å²) in [5, 5.41) is 9.06. The quantitative estimate of drug-likeness (QED) is 0.778. The fourth-order valence-electron chi connectivity index (χ4n) is 2.01. The van der Waals surface area contributed by atoms with Crippen molar-refractivity contribution in [1.29, 1.82) is 5.26 Å². The van der Waals surface area contributed by atoms with Gasteiger partial charge in [-0.3, -0.25) is 0 Å². The molecule has 1 aromatic carbocycles. The van der Waals surface area contributed by atoms with E-state index in [4.69, 9.17) is 5.26 Å². The van der Waals surface area contributed by atoms with E-state index >= 15 is 0 Å². The Morgan fingerprint density at radius 1 is 1.18 bits per heavy atom. The van der Waals surface area contributed by atoms with Gasteiger partial charge in [0.2, 0.25) is 0 Å². The Morgan fingerprint density at radius 2 is 2.00 bits per heavy atom. The van der Waals surface area contributed by atoms with Crippen molar-refractivity contribution >= 4 is 0 Å². The van der Waals surface area contributed by atoms with Crippen molar-refractivity contribution in [2.75, 3.05) is 0 Å². The molecule has 2 nitrogen and oxygen atoms in total. The summed E-state index contributed by atoms with van der Waals surface area (Å²) in [6.45, 7) is 2.19. The number of aromatic nitrogens is 1. The van der Waals surface area contributed by atoms with Crippen molar-refractivity contribution < 1.29 is 0 Å². The molecule has 0 saturated heterocycles. The summed E-state index contributed by atoms with van der Waals surface area (Å²) in [6, 6.07) is 14.3. The number of hydrogen-bond donors (Lipinski definition) is 0. The van der Waals surface area contributed by atoms with E-state index < -0.39 is 0 Å². The van der Waals surface area contributed by atoms with Crippen molar-refractivity contribution in [3.8, 4) is 11.8 Å². The van der Waals surface area contributed by atoms with E-state index in [0.29, 0.717) is 5.69 Å². The molecule has 0 aliphatic heterocycles. The molecule has 1 aromatic heterocycles. The molecule has 0 fully saturated rings. The van der Waals surface area contributed by atoms with E-state index in [0.717, 1.165) is 12.1 Å². The van der Waals surface area contributed by atoms with E-state index in [1.165, 1.54) is 18.4 Å². The SMILES string of the molecule is CCCCc1ccccc1-n1cccc1C#N. The molecule has 1 heterocycles. The molecule has 0 saturated carbocycles. The highest BCUT2D eigenvalue weighted by molar-refractivity contribution is 5.45. The Morgan fingerprint density at radius 3 is 2.76 bits per heavy atom. The third-order valence-corrected chi connectivity index (χ3v) is 2.91. The van der Waals surface area contributed by atoms with Crippen LogP contribution >= 0.6 is 0 Å². The van der Waals surface area contributed by atoms with Crippen molar-refractivity contribution in [2.24, 2.45) is 0 Å². The fourth-order valence-corrected chi connectivity index (χ4v) is 2.01. The molecule has 2 heteroatoms. The molecular weight excluding hydrogens is 208 g/mol. The van der Waals surface area contributed by atoms with Crippen LogP contribution in [-0.4, -0.2) is 4.57 Å². The summed E-state index contributed by atoms with van der Waals surface area (Å²) in [7, 11) is 0. The molecule has 0 bridgehead atoms. The molecule has 0 spiro atoms. The van der Waals surface area contributed by atoms with Gasteiger partial charge >= 0.3 is 0 Å². The lowest BCUT2D eigenvalue weighted by Crippen LogP contribution is -2.00. The Labute approximate surface area is 102 Å². The molecule has 0 radical (unpaired) electrons. The number of unbranched alkanes of at least 4 members (excludes halogenated alkanes) is 1. The third-order valence-electron chi connectivity index (χ3n) is 2.91. The summed E-state index contributed by atoms with van der Waals surface area (Å²) in [6.07, 6.45) is 5.38. The molecule has 0 N–H and O–H groups in total. The van der Waals surface area contributed by atoms with Crippen LogP contribution in [0.1, 0.15) is 31.0 Å². The lowest BCUT2D eigenvalue weighted by molar-refractivity contribution is 0.788. The first-order valence-electron chi connectivity index (χ1n) is 6.02. The summed E-state index contributed by atoms with van der Waals surface area (Å²) < 4.78 is 1.96. The highest BCUT2D eigenvalue weighted by atomic mass is 15.0. The van der Waals surface area contributed by atoms with Gasteiger partial charge in [-0.2, -0.15) is 5.26 Å². The molecule has 86 valence electrons. The number of aryl methyl sites for hydroxylation is 1. The van der Waals surface area contributed by atoms with Crippen molar-refractivity contribution in [3.63, 3.8) is 0 Å². The second kappa shape index (κ2) is 5.36. The van der Waals surface area contributed by atoms with Gasteiger partial charge in [0.15, 0.2) is 0 Å². The Kier molecular flexibility index (Phi) is 3.62. The van der Waals surface area contributed by atoms with E-state index in [1.807, 2.05) is 29.0 Å². The maximum atomic E-state index is 9.06. The van der Waals surface area contributed by atoms with Gasteiger partial charge in [0, 0.05) is 11.9 Å². The third kappa shape index (κ3) is 2.39. The van der Waals surface area contributed by atoms with Crippen LogP contribution in [0.25, 0.3) is 5.69 Å². The van der Waals surface area contributed by atoms with Crippen LogP contribution in [-0.2, 0) is 6.42 Å². The number of nitrogens with zero attached hydrogens (tertiary/aromatic N) is 2. The van der Waals surface area contributed by atoms with E-state index in [2.05, 4.69) is 31.2 Å². The van der Waals surface area contributed by atoms with Gasteiger partial charge in [0.05, 0.1) is 0 Å². The molecule has 0 aliphatic carbocycles. The molecule has 17 heavy (non-hydrogen) atoms. The van der Waals surface area contributed by atoms with Gasteiger partial charge in [-0.1, -0.05) is 31.5 Å². The molecule has 0 unspecified atom stereocenters. The molecule has 2 aromatic rings. The summed E-state index contributed by atoms with van der Waals surface area (Å²) >= 11 is 0. The van der Waals surface area contributed by atoms with Crippen molar-refractivity contribution in [2.45, 2.75) is 26.2 Å². The minimum absolute atomic E-state index is 0.689. The Hall–Kier alpha value is -2.01. The zero-order valence-corrected chi connectivity index (χ0v) is 10.1. The zero-order chi connectivity index (χ0) is 12.1. The minimum atomic E-state index is 0.689. The number of para-hydroxylation sites is 1. The van der Waals surface area contributed by atoms with Crippen LogP contribution in [0.5, 0.6) is 0 Å². The Bertz CT molecular complexity index is 532. The van der Waals surface area contributed by atoms with E-state index in [9.17, 15) is 0 Å². The number of benzene rings is 1. The van der Waals surface area contributed by atoms with Gasteiger partial charge in [0.1, 0.15) is 11.8 Å². The van der Waals surface area contributed by atoms with Gasteiger partial charge in [-0.25, -0.2) is 0 Å². The topological polar surface area (TPSA) is 28.7 Å². The second-order valence-electron chi connectivity index (χ2n) is 4.11. The smallest absolute Gasteiger partial charge is 0.124 e. The molecule has 0 aliphatic rings. The average Bonchev–Trinajstić information content (AvgIpc) is 2.84. The monoisotopic (exact) mass is 224 g/mol. The maximum absolute atomic E-state index is 9.06. The predicted molar refractivity (Wildman–Crippen MR) is 69.1 cm³/mol. The first-order chi connectivity index (χ1) is 8.36. The highest BCUT2D eigenvalue weighted by Gasteiger charge is 2.06. The average molecular weight is 224 g/mol. The number of nitriles is 1. The summed E-state index contributed by atoms with van der Waals surface area (Å²) in [5.74, 6) is 0. The highest BCUT2D eigenvalue weighted by Crippen LogP contribution is 2.19. The van der Waals surface area contributed by atoms with E-state index in [1.54, 1.807) is 0 Å². The minimum Gasteiger partial charge on any atom is -0.308 e. The van der Waals surface area contributed by atoms with Crippen LogP contribution in [0.4, 0.5) is 0 Å². The summed E-state index contributed by atoms with van der Waals surface area (Å²) in [5.41, 5.74) is 3.12. The van der Waals surface area contributed by atoms with Crippen LogP contribution in [0.3, 0.4) is 0 Å². The van der Waals surface area contributed by atoms with Crippen LogP contribution in [0.15, 0.2) is 42.6 Å². The molecular formula is C15H16N2. The van der Waals surface area contributed by atoms with Gasteiger partial charge < -0.3 is 4.57 Å². The molecule has 0 amide bonds. The van der Waals surface area contributed by atoms with Crippen LogP contribution in [0, 0.1) is 11.3 Å². The lowest BCUT2D eigenvalue weighted by atomic mass is 10.1. The van der Waals surface area contributed by atoms with E-state index in [-0.39, 0.29) is 0 Å². The van der Waals surface area contributed by atoms with Gasteiger partial charge in [-0.15, -0.1) is 0 Å². The predicted octanol–water partition coefficient (Wildman–Crippen LogP) is 3.69. The van der Waals surface area contributed by atoms with Crippen molar-refractivity contribution in [1.82, 2.24) is 4.57 Å². The number of rotatable bonds is 4. The standard InChI is InChI=1S/C15H16N2/c1-2-3-7-13-8-4-5-10-15(13)17-11-6-9-14(17)12-16/h4-6,8-11H,2-3,7H2,1H3. The first kappa shape index (κ1) is 11.5. The first-order valence-corrected chi connectivity index (χ1v) is 6.02. The number of hydrogen-bond acceptors (Lipinski definition) is 1. The Balaban J connectivity index is 2.41. The fraction of sp³-hybridized carbons (Fsp3) is 0.267. The van der Waals surface area contributed by atoms with Crippen molar-refractivity contribution in [3.05, 3.63) is 53.9 Å². The second-order valence-corrected chi connectivity index (χ2v) is 4.11. The normalized spacial score (nSPS) is 10.1. The summed E-state index contributed by atoms with van der Waals surface area (Å²) in [4.78, 5) is 0. The molecule has 2 rings (SSSR count). The molecule has 0 atom stereocenters. The maximum Gasteiger partial charge on any atom is 0.124 e. The largest absolute Gasteiger partial charge is 0.308 e. The van der Waals surface area contributed by atoms with Gasteiger partial charge in [0.25, 0.3) is 0 Å². The lowest BCUT2D eigenvalue weighted by Gasteiger charge is -2.11.